The van der Waals surface area contributed by atoms with E-state index in [0.29, 0.717) is 11.1 Å². The Morgan fingerprint density at radius 3 is 2.23 bits per heavy atom. The second-order valence-corrected chi connectivity index (χ2v) is 8.14. The number of hydrogen-bond donors (Lipinski definition) is 0. The maximum atomic E-state index is 13.3. The van der Waals surface area contributed by atoms with Gasteiger partial charge >= 0.3 is 5.63 Å². The molecule has 0 fully saturated rings. The fourth-order valence-electron chi connectivity index (χ4n) is 5.47. The van der Waals surface area contributed by atoms with Crippen molar-refractivity contribution in [2.45, 2.75) is 12.1 Å². The van der Waals surface area contributed by atoms with Gasteiger partial charge in [-0.15, -0.1) is 0 Å². The average molecular weight is 402 g/mol. The highest BCUT2D eigenvalue weighted by Crippen LogP contribution is 2.46. The third kappa shape index (κ3) is 2.11. The molecular weight excluding hydrogens is 384 g/mol. The molecule has 2 atom stereocenters. The van der Waals surface area contributed by atoms with Crippen LogP contribution in [0, 0.1) is 0 Å². The van der Waals surface area contributed by atoms with Gasteiger partial charge in [0, 0.05) is 35.2 Å². The van der Waals surface area contributed by atoms with Crippen molar-refractivity contribution < 1.29 is 13.6 Å². The van der Waals surface area contributed by atoms with Crippen molar-refractivity contribution in [3.05, 3.63) is 119 Å². The van der Waals surface area contributed by atoms with Crippen LogP contribution in [0.2, 0.25) is 0 Å². The van der Waals surface area contributed by atoms with Crippen LogP contribution in [-0.2, 0) is 0 Å². The maximum absolute atomic E-state index is 13.3. The summed E-state index contributed by atoms with van der Waals surface area (Å²) in [6.45, 7) is 0. The van der Waals surface area contributed by atoms with Gasteiger partial charge in [0.05, 0.1) is 11.1 Å². The van der Waals surface area contributed by atoms with E-state index >= 15 is 0 Å². The lowest BCUT2D eigenvalue weighted by molar-refractivity contribution is -0.799. The highest BCUT2D eigenvalue weighted by atomic mass is 16.4. The molecular formula is C27H18N2O2+2. The summed E-state index contributed by atoms with van der Waals surface area (Å²) in [7, 11) is 0. The second-order valence-electron chi connectivity index (χ2n) is 8.14. The summed E-state index contributed by atoms with van der Waals surface area (Å²) >= 11 is 0. The van der Waals surface area contributed by atoms with Gasteiger partial charge in [-0.05, 0) is 24.3 Å². The normalized spacial score (nSPS) is 17.8. The van der Waals surface area contributed by atoms with E-state index < -0.39 is 0 Å². The average Bonchev–Trinajstić information content (AvgIpc) is 2.83. The zero-order valence-electron chi connectivity index (χ0n) is 16.6. The summed E-state index contributed by atoms with van der Waals surface area (Å²) < 4.78 is 10.3. The van der Waals surface area contributed by atoms with Crippen molar-refractivity contribution in [3.8, 4) is 22.5 Å². The summed E-state index contributed by atoms with van der Waals surface area (Å²) in [5.41, 5.74) is 6.57. The monoisotopic (exact) mass is 402 g/mol. The van der Waals surface area contributed by atoms with Gasteiger partial charge in [0.25, 0.3) is 12.1 Å². The highest BCUT2D eigenvalue weighted by Gasteiger charge is 2.53. The van der Waals surface area contributed by atoms with Gasteiger partial charge in [0.1, 0.15) is 11.1 Å². The Morgan fingerprint density at radius 1 is 0.677 bits per heavy atom. The molecule has 7 rings (SSSR count). The summed E-state index contributed by atoms with van der Waals surface area (Å²) in [4.78, 5) is 13.3. The van der Waals surface area contributed by atoms with E-state index in [0.717, 1.165) is 22.3 Å². The maximum Gasteiger partial charge on any atom is 0.350 e. The Labute approximate surface area is 178 Å². The lowest BCUT2D eigenvalue weighted by Crippen LogP contribution is -2.60. The molecule has 31 heavy (non-hydrogen) atoms. The van der Waals surface area contributed by atoms with Gasteiger partial charge in [0.15, 0.2) is 12.4 Å². The molecule has 4 nitrogen and oxygen atoms in total. The quantitative estimate of drug-likeness (QED) is 0.288. The van der Waals surface area contributed by atoms with Crippen LogP contribution in [0.3, 0.4) is 0 Å². The molecule has 5 aromatic rings. The number of aromatic nitrogens is 2. The largest absolute Gasteiger partial charge is 0.422 e. The number of rotatable bonds is 0. The first-order valence-electron chi connectivity index (χ1n) is 10.5. The third-order valence-corrected chi connectivity index (χ3v) is 6.64. The summed E-state index contributed by atoms with van der Waals surface area (Å²) in [6, 6.07) is 28.8. The Morgan fingerprint density at radius 2 is 1.35 bits per heavy atom. The molecule has 5 heterocycles. The molecule has 4 heteroatoms. The van der Waals surface area contributed by atoms with Crippen LogP contribution in [0.15, 0.2) is 107 Å². The minimum Gasteiger partial charge on any atom is -0.422 e. The molecule has 0 aliphatic carbocycles. The second kappa shape index (κ2) is 5.99. The zero-order valence-corrected chi connectivity index (χ0v) is 16.6. The Balaban J connectivity index is 1.72. The van der Waals surface area contributed by atoms with E-state index in [9.17, 15) is 4.79 Å². The van der Waals surface area contributed by atoms with Gasteiger partial charge in [-0.3, -0.25) is 0 Å². The molecule has 0 saturated heterocycles. The topological polar surface area (TPSA) is 38.0 Å². The number of fused-ring (bicyclic) bond motifs is 13. The molecule has 0 N–H and O–H groups in total. The number of benzene rings is 2. The predicted molar refractivity (Wildman–Crippen MR) is 116 cm³/mol. The first-order chi connectivity index (χ1) is 15.3. The number of pyridine rings is 2. The third-order valence-electron chi connectivity index (χ3n) is 6.64. The molecule has 3 aromatic heterocycles. The zero-order chi connectivity index (χ0) is 20.5. The van der Waals surface area contributed by atoms with E-state index in [4.69, 9.17) is 4.42 Å². The van der Waals surface area contributed by atoms with Crippen LogP contribution in [0.1, 0.15) is 23.2 Å². The van der Waals surface area contributed by atoms with Crippen LogP contribution in [-0.4, -0.2) is 0 Å². The van der Waals surface area contributed by atoms with Gasteiger partial charge in [-0.1, -0.05) is 36.4 Å². The number of hydrogen-bond acceptors (Lipinski definition) is 2. The fourth-order valence-corrected chi connectivity index (χ4v) is 5.47. The minimum atomic E-state index is -0.288. The van der Waals surface area contributed by atoms with Crippen molar-refractivity contribution in [2.75, 3.05) is 0 Å². The van der Waals surface area contributed by atoms with Crippen LogP contribution >= 0.6 is 0 Å². The molecule has 0 radical (unpaired) electrons. The van der Waals surface area contributed by atoms with E-state index in [-0.39, 0.29) is 17.7 Å². The standard InChI is InChI=1S/C27H18N2O2/c30-27-24-21-13-6-8-16-29(21)25-18-10-2-1-9-17(18)20-12-5-7-15-28(20)26(25)23(24)19-11-3-4-14-22(19)31-27/h1-16,25-26H/q+2. The summed E-state index contributed by atoms with van der Waals surface area (Å²) in [6.07, 6.45) is 4.21. The van der Waals surface area contributed by atoms with E-state index in [1.807, 2.05) is 36.4 Å². The Hall–Kier alpha value is -4.05. The Bertz CT molecular complexity index is 1580. The van der Waals surface area contributed by atoms with Crippen molar-refractivity contribution >= 4 is 11.0 Å². The molecule has 0 spiro atoms. The highest BCUT2D eigenvalue weighted by molar-refractivity contribution is 5.87. The van der Waals surface area contributed by atoms with E-state index in [1.165, 1.54) is 11.1 Å². The van der Waals surface area contributed by atoms with Gasteiger partial charge in [-0.2, -0.15) is 9.13 Å². The molecule has 2 aliphatic rings. The van der Waals surface area contributed by atoms with E-state index in [2.05, 4.69) is 70.1 Å². The van der Waals surface area contributed by atoms with Crippen LogP contribution < -0.4 is 14.8 Å². The van der Waals surface area contributed by atoms with Crippen LogP contribution in [0.5, 0.6) is 0 Å². The summed E-state index contributed by atoms with van der Waals surface area (Å²) in [5, 5.41) is 0.990. The molecule has 0 saturated carbocycles. The lowest BCUT2D eigenvalue weighted by Gasteiger charge is -2.31. The fraction of sp³-hybridized carbons (Fsp3) is 0.0741. The van der Waals surface area contributed by atoms with Crippen molar-refractivity contribution in [2.24, 2.45) is 0 Å². The van der Waals surface area contributed by atoms with Crippen molar-refractivity contribution in [1.82, 2.24) is 0 Å². The molecule has 2 aliphatic heterocycles. The smallest absolute Gasteiger partial charge is 0.350 e. The Kier molecular flexibility index (Phi) is 3.23. The molecule has 2 unspecified atom stereocenters. The van der Waals surface area contributed by atoms with Crippen molar-refractivity contribution in [3.63, 3.8) is 0 Å². The molecule has 2 aromatic carbocycles. The summed E-state index contributed by atoms with van der Waals surface area (Å²) in [5.74, 6) is 0. The first kappa shape index (κ1) is 16.7. The molecule has 0 bridgehead atoms. The van der Waals surface area contributed by atoms with Crippen molar-refractivity contribution in [1.29, 1.82) is 0 Å². The van der Waals surface area contributed by atoms with E-state index in [1.54, 1.807) is 0 Å². The van der Waals surface area contributed by atoms with Crippen LogP contribution in [0.25, 0.3) is 33.5 Å². The first-order valence-corrected chi connectivity index (χ1v) is 10.5. The number of para-hydroxylation sites is 1. The lowest BCUT2D eigenvalue weighted by atomic mass is 9.79. The number of nitrogens with zero attached hydrogens (tertiary/aromatic N) is 2. The molecule has 146 valence electrons. The molecule has 0 amide bonds. The van der Waals surface area contributed by atoms with Crippen LogP contribution in [0.4, 0.5) is 0 Å². The van der Waals surface area contributed by atoms with Gasteiger partial charge in [0.2, 0.25) is 11.4 Å². The SMILES string of the molecule is O=c1oc2ccccc2c2c1-c1cccc[n+]1C1c3ccccc3-c3cccc[n+]3C21. The van der Waals surface area contributed by atoms with Gasteiger partial charge < -0.3 is 4.42 Å². The minimum absolute atomic E-state index is 0.0324. The predicted octanol–water partition coefficient (Wildman–Crippen LogP) is 4.21. The van der Waals surface area contributed by atoms with Gasteiger partial charge in [-0.25, -0.2) is 4.79 Å².